The van der Waals surface area contributed by atoms with E-state index in [2.05, 4.69) is 32.9 Å². The number of nitrogens with two attached hydrogens (primary N) is 1. The van der Waals surface area contributed by atoms with Crippen LogP contribution in [0.4, 0.5) is 0 Å². The maximum atomic E-state index is 11.7. The van der Waals surface area contributed by atoms with Crippen molar-refractivity contribution in [2.24, 2.45) is 5.73 Å². The summed E-state index contributed by atoms with van der Waals surface area (Å²) in [6, 6.07) is 6.47. The van der Waals surface area contributed by atoms with E-state index in [0.29, 0.717) is 10.9 Å². The topological polar surface area (TPSA) is 72.2 Å². The Labute approximate surface area is 108 Å². The quantitative estimate of drug-likeness (QED) is 0.804. The predicted octanol–water partition coefficient (Wildman–Crippen LogP) is 1.40. The number of nitrogens with one attached hydrogen (secondary N) is 1. The van der Waals surface area contributed by atoms with Crippen LogP contribution in [0.15, 0.2) is 33.6 Å². The van der Waals surface area contributed by atoms with Crippen molar-refractivity contribution in [3.63, 3.8) is 0 Å². The highest BCUT2D eigenvalue weighted by molar-refractivity contribution is 9.10. The van der Waals surface area contributed by atoms with Crippen molar-refractivity contribution in [2.45, 2.75) is 11.3 Å². The van der Waals surface area contributed by atoms with Gasteiger partial charge in [-0.15, -0.1) is 0 Å². The van der Waals surface area contributed by atoms with Gasteiger partial charge in [-0.3, -0.25) is 0 Å². The summed E-state index contributed by atoms with van der Waals surface area (Å²) in [5.41, 5.74) is 5.27. The molecular formula is C9H11BrN2O2S2. The molecule has 0 bridgehead atoms. The molecule has 0 unspecified atom stereocenters. The summed E-state index contributed by atoms with van der Waals surface area (Å²) in [7, 11) is -3.47. The fraction of sp³-hybridized carbons (Fsp3) is 0.222. The third-order valence-electron chi connectivity index (χ3n) is 1.77. The summed E-state index contributed by atoms with van der Waals surface area (Å²) in [6.45, 7) is 0.212. The van der Waals surface area contributed by atoms with E-state index in [-0.39, 0.29) is 16.4 Å². The van der Waals surface area contributed by atoms with Gasteiger partial charge in [-0.25, -0.2) is 13.1 Å². The van der Waals surface area contributed by atoms with Crippen LogP contribution in [0.25, 0.3) is 0 Å². The van der Waals surface area contributed by atoms with Crippen LogP contribution in [0, 0.1) is 0 Å². The van der Waals surface area contributed by atoms with Crippen molar-refractivity contribution in [2.75, 3.05) is 6.54 Å². The van der Waals surface area contributed by atoms with E-state index in [1.165, 1.54) is 12.1 Å². The van der Waals surface area contributed by atoms with E-state index in [9.17, 15) is 8.42 Å². The molecule has 0 amide bonds. The number of hydrogen-bond donors (Lipinski definition) is 2. The number of sulfonamides is 1. The van der Waals surface area contributed by atoms with Gasteiger partial charge in [0.1, 0.15) is 0 Å². The molecular weight excluding hydrogens is 312 g/mol. The van der Waals surface area contributed by atoms with Crippen LogP contribution < -0.4 is 10.5 Å². The fourth-order valence-electron chi connectivity index (χ4n) is 1.03. The molecule has 1 aromatic rings. The molecule has 0 saturated heterocycles. The lowest BCUT2D eigenvalue weighted by atomic mass is 10.4. The number of rotatable bonds is 5. The SMILES string of the molecule is NC(=S)CCNS(=O)(=O)c1cccc(Br)c1. The van der Waals surface area contributed by atoms with E-state index >= 15 is 0 Å². The molecule has 0 radical (unpaired) electrons. The second-order valence-corrected chi connectivity index (χ2v) is 6.28. The molecule has 0 heterocycles. The zero-order valence-corrected chi connectivity index (χ0v) is 11.5. The monoisotopic (exact) mass is 322 g/mol. The molecule has 0 aliphatic heterocycles. The first-order valence-corrected chi connectivity index (χ1v) is 7.14. The van der Waals surface area contributed by atoms with E-state index in [0.717, 1.165) is 0 Å². The van der Waals surface area contributed by atoms with Gasteiger partial charge in [-0.05, 0) is 18.2 Å². The molecule has 4 nitrogen and oxygen atoms in total. The van der Waals surface area contributed by atoms with Crippen molar-refractivity contribution in [1.82, 2.24) is 4.72 Å². The van der Waals surface area contributed by atoms with E-state index in [1.807, 2.05) is 0 Å². The Bertz CT molecular complexity index is 488. The van der Waals surface area contributed by atoms with E-state index in [4.69, 9.17) is 5.73 Å². The van der Waals surface area contributed by atoms with Gasteiger partial charge >= 0.3 is 0 Å². The highest BCUT2D eigenvalue weighted by Gasteiger charge is 2.13. The second-order valence-electron chi connectivity index (χ2n) is 3.07. The van der Waals surface area contributed by atoms with Crippen LogP contribution >= 0.6 is 28.1 Å². The molecule has 16 heavy (non-hydrogen) atoms. The first kappa shape index (κ1) is 13.6. The van der Waals surface area contributed by atoms with Crippen LogP contribution in [-0.4, -0.2) is 20.0 Å². The first-order chi connectivity index (χ1) is 7.42. The zero-order valence-electron chi connectivity index (χ0n) is 8.31. The lowest BCUT2D eigenvalue weighted by molar-refractivity contribution is 0.582. The summed E-state index contributed by atoms with van der Waals surface area (Å²) in [5, 5.41) is 0. The minimum Gasteiger partial charge on any atom is -0.393 e. The van der Waals surface area contributed by atoms with Gasteiger partial charge in [0.05, 0.1) is 9.88 Å². The summed E-state index contributed by atoms with van der Waals surface area (Å²) in [5.74, 6) is 0. The Morgan fingerprint density at radius 2 is 2.19 bits per heavy atom. The Hall–Kier alpha value is -0.500. The molecule has 0 spiro atoms. The minimum absolute atomic E-state index is 0.212. The molecule has 0 aliphatic carbocycles. The minimum atomic E-state index is -3.47. The lowest BCUT2D eigenvalue weighted by Crippen LogP contribution is -2.27. The molecule has 3 N–H and O–H groups in total. The highest BCUT2D eigenvalue weighted by atomic mass is 79.9. The van der Waals surface area contributed by atoms with E-state index < -0.39 is 10.0 Å². The van der Waals surface area contributed by atoms with Gasteiger partial charge in [0.25, 0.3) is 0 Å². The standard InChI is InChI=1S/C9H11BrN2O2S2/c10-7-2-1-3-8(6-7)16(13,14)12-5-4-9(11)15/h1-3,6,12H,4-5H2,(H2,11,15). The van der Waals surface area contributed by atoms with Gasteiger partial charge in [-0.2, -0.15) is 0 Å². The molecule has 1 aromatic carbocycles. The van der Waals surface area contributed by atoms with Crippen LogP contribution in [0.1, 0.15) is 6.42 Å². The second kappa shape index (κ2) is 5.72. The number of thiocarbonyl (C=S) groups is 1. The van der Waals surface area contributed by atoms with Crippen LogP contribution in [-0.2, 0) is 10.0 Å². The van der Waals surface area contributed by atoms with Gasteiger partial charge in [-0.1, -0.05) is 34.2 Å². The molecule has 0 saturated carbocycles. The van der Waals surface area contributed by atoms with Crippen molar-refractivity contribution >= 4 is 43.2 Å². The van der Waals surface area contributed by atoms with Crippen LogP contribution in [0.2, 0.25) is 0 Å². The van der Waals surface area contributed by atoms with Gasteiger partial charge in [0, 0.05) is 17.4 Å². The largest absolute Gasteiger partial charge is 0.393 e. The Morgan fingerprint density at radius 3 is 2.75 bits per heavy atom. The van der Waals surface area contributed by atoms with Crippen molar-refractivity contribution < 1.29 is 8.42 Å². The van der Waals surface area contributed by atoms with Gasteiger partial charge < -0.3 is 5.73 Å². The zero-order chi connectivity index (χ0) is 12.2. The number of hydrogen-bond acceptors (Lipinski definition) is 3. The average molecular weight is 323 g/mol. The van der Waals surface area contributed by atoms with Gasteiger partial charge in [0.2, 0.25) is 10.0 Å². The summed E-state index contributed by atoms with van der Waals surface area (Å²) >= 11 is 7.87. The number of halogens is 1. The van der Waals surface area contributed by atoms with Gasteiger partial charge in [0.15, 0.2) is 0 Å². The molecule has 0 fully saturated rings. The number of benzene rings is 1. The summed E-state index contributed by atoms with van der Waals surface area (Å²) in [6.07, 6.45) is 0.350. The lowest BCUT2D eigenvalue weighted by Gasteiger charge is -2.06. The summed E-state index contributed by atoms with van der Waals surface area (Å²) in [4.78, 5) is 0.502. The Morgan fingerprint density at radius 1 is 1.50 bits per heavy atom. The molecule has 0 atom stereocenters. The fourth-order valence-corrected chi connectivity index (χ4v) is 2.76. The third-order valence-corrected chi connectivity index (χ3v) is 3.93. The summed E-state index contributed by atoms with van der Waals surface area (Å²) < 4.78 is 26.6. The first-order valence-electron chi connectivity index (χ1n) is 4.45. The maximum absolute atomic E-state index is 11.7. The van der Waals surface area contributed by atoms with Crippen molar-refractivity contribution in [1.29, 1.82) is 0 Å². The Kier molecular flexibility index (Phi) is 4.85. The molecule has 0 aliphatic rings. The smallest absolute Gasteiger partial charge is 0.240 e. The van der Waals surface area contributed by atoms with Crippen LogP contribution in [0.5, 0.6) is 0 Å². The van der Waals surface area contributed by atoms with E-state index in [1.54, 1.807) is 12.1 Å². The molecule has 1 rings (SSSR count). The normalized spacial score (nSPS) is 11.3. The van der Waals surface area contributed by atoms with Crippen molar-refractivity contribution in [3.8, 4) is 0 Å². The molecule has 7 heteroatoms. The highest BCUT2D eigenvalue weighted by Crippen LogP contribution is 2.15. The van der Waals surface area contributed by atoms with Crippen molar-refractivity contribution in [3.05, 3.63) is 28.7 Å². The molecule has 88 valence electrons. The molecule has 0 aromatic heterocycles. The van der Waals surface area contributed by atoms with Crippen LogP contribution in [0.3, 0.4) is 0 Å². The Balaban J connectivity index is 2.74. The maximum Gasteiger partial charge on any atom is 0.240 e. The predicted molar refractivity (Wildman–Crippen MR) is 70.7 cm³/mol. The average Bonchev–Trinajstić information content (AvgIpc) is 2.16. The third kappa shape index (κ3) is 4.17.